The van der Waals surface area contributed by atoms with Crippen molar-refractivity contribution < 1.29 is 4.79 Å². The molecule has 1 amide bonds. The number of carbonyl (C=O) groups is 1. The molecule has 0 bridgehead atoms. The van der Waals surface area contributed by atoms with E-state index in [1.54, 1.807) is 0 Å². The Bertz CT molecular complexity index is 589. The summed E-state index contributed by atoms with van der Waals surface area (Å²) in [5, 5.41) is 3.75. The van der Waals surface area contributed by atoms with Crippen LogP contribution in [0.4, 0.5) is 0 Å². The van der Waals surface area contributed by atoms with E-state index in [0.717, 1.165) is 22.7 Å². The molecule has 1 atom stereocenters. The molecule has 0 aliphatic carbocycles. The van der Waals surface area contributed by atoms with Gasteiger partial charge in [-0.15, -0.1) is 0 Å². The highest BCUT2D eigenvalue weighted by Crippen LogP contribution is 2.21. The molecule has 2 rings (SSSR count). The van der Waals surface area contributed by atoms with Crippen molar-refractivity contribution in [1.82, 2.24) is 15.3 Å². The summed E-state index contributed by atoms with van der Waals surface area (Å²) in [6.07, 6.45) is 2.47. The smallest absolute Gasteiger partial charge is 0.230 e. The van der Waals surface area contributed by atoms with Crippen molar-refractivity contribution >= 4 is 17.7 Å². The average molecular weight is 301 g/mol. The van der Waals surface area contributed by atoms with Crippen molar-refractivity contribution in [2.45, 2.75) is 31.3 Å². The Morgan fingerprint density at radius 2 is 2.05 bits per heavy atom. The second kappa shape index (κ2) is 7.78. The molecule has 0 unspecified atom stereocenters. The maximum Gasteiger partial charge on any atom is 0.230 e. The molecule has 1 aromatic heterocycles. The summed E-state index contributed by atoms with van der Waals surface area (Å²) in [5.74, 6) is 0.407. The third-order valence-electron chi connectivity index (χ3n) is 3.08. The standard InChI is InChI=1S/C16H19N3OS/c1-3-12(2)19-15(20)10-21-16-9-14(17-11-18-16)13-7-5-4-6-8-13/h4-9,11-12H,3,10H2,1-2H3,(H,19,20)/t12-/m1/s1. The van der Waals surface area contributed by atoms with Crippen LogP contribution in [0.3, 0.4) is 0 Å². The first-order valence-electron chi connectivity index (χ1n) is 6.98. The molecule has 2 aromatic rings. The van der Waals surface area contributed by atoms with Crippen LogP contribution < -0.4 is 5.32 Å². The van der Waals surface area contributed by atoms with E-state index in [1.807, 2.05) is 43.3 Å². The van der Waals surface area contributed by atoms with E-state index in [2.05, 4.69) is 22.2 Å². The monoisotopic (exact) mass is 301 g/mol. The van der Waals surface area contributed by atoms with Crippen LogP contribution in [0.25, 0.3) is 11.3 Å². The number of rotatable bonds is 6. The highest BCUT2D eigenvalue weighted by Gasteiger charge is 2.08. The second-order valence-corrected chi connectivity index (χ2v) is 5.77. The molecule has 1 aromatic carbocycles. The van der Waals surface area contributed by atoms with Gasteiger partial charge in [0.25, 0.3) is 0 Å². The molecule has 4 nitrogen and oxygen atoms in total. The van der Waals surface area contributed by atoms with E-state index in [1.165, 1.54) is 18.1 Å². The van der Waals surface area contributed by atoms with Gasteiger partial charge in [-0.3, -0.25) is 4.79 Å². The Morgan fingerprint density at radius 1 is 1.29 bits per heavy atom. The molecule has 21 heavy (non-hydrogen) atoms. The molecular weight excluding hydrogens is 282 g/mol. The molecule has 0 fully saturated rings. The van der Waals surface area contributed by atoms with E-state index in [-0.39, 0.29) is 11.9 Å². The molecule has 0 aliphatic heterocycles. The lowest BCUT2D eigenvalue weighted by molar-refractivity contribution is -0.119. The first-order chi connectivity index (χ1) is 10.2. The van der Waals surface area contributed by atoms with Crippen molar-refractivity contribution in [3.05, 3.63) is 42.7 Å². The Labute approximate surface area is 129 Å². The summed E-state index contributed by atoms with van der Waals surface area (Å²) in [7, 11) is 0. The quantitative estimate of drug-likeness (QED) is 0.658. The van der Waals surface area contributed by atoms with Gasteiger partial charge in [0.2, 0.25) is 5.91 Å². The van der Waals surface area contributed by atoms with Crippen LogP contribution in [-0.4, -0.2) is 27.7 Å². The molecule has 1 N–H and O–H groups in total. The van der Waals surface area contributed by atoms with Gasteiger partial charge in [0.05, 0.1) is 11.4 Å². The summed E-state index contributed by atoms with van der Waals surface area (Å²) in [4.78, 5) is 20.2. The number of nitrogens with zero attached hydrogens (tertiary/aromatic N) is 2. The van der Waals surface area contributed by atoms with Crippen molar-refractivity contribution in [2.75, 3.05) is 5.75 Å². The lowest BCUT2D eigenvalue weighted by Gasteiger charge is -2.10. The zero-order valence-electron chi connectivity index (χ0n) is 12.2. The fourth-order valence-electron chi connectivity index (χ4n) is 1.74. The lowest BCUT2D eigenvalue weighted by atomic mass is 10.1. The molecule has 0 radical (unpaired) electrons. The summed E-state index contributed by atoms with van der Waals surface area (Å²) in [6, 6.07) is 12.1. The maximum atomic E-state index is 11.8. The van der Waals surface area contributed by atoms with E-state index in [0.29, 0.717) is 5.75 Å². The number of nitrogens with one attached hydrogen (secondary N) is 1. The van der Waals surface area contributed by atoms with E-state index in [9.17, 15) is 4.79 Å². The molecule has 0 aliphatic rings. The SMILES string of the molecule is CC[C@@H](C)NC(=O)CSc1cc(-c2ccccc2)ncn1. The summed E-state index contributed by atoms with van der Waals surface area (Å²) in [5.41, 5.74) is 1.92. The van der Waals surface area contributed by atoms with Crippen LogP contribution in [0.15, 0.2) is 47.8 Å². The maximum absolute atomic E-state index is 11.8. The van der Waals surface area contributed by atoms with E-state index < -0.39 is 0 Å². The molecule has 0 saturated carbocycles. The average Bonchev–Trinajstić information content (AvgIpc) is 2.54. The minimum atomic E-state index is 0.0363. The Kier molecular flexibility index (Phi) is 5.75. The van der Waals surface area contributed by atoms with Crippen LogP contribution in [0, 0.1) is 0 Å². The second-order valence-electron chi connectivity index (χ2n) is 4.77. The topological polar surface area (TPSA) is 54.9 Å². The van der Waals surface area contributed by atoms with Gasteiger partial charge in [-0.25, -0.2) is 9.97 Å². The van der Waals surface area contributed by atoms with Crippen molar-refractivity contribution in [1.29, 1.82) is 0 Å². The highest BCUT2D eigenvalue weighted by molar-refractivity contribution is 7.99. The largest absolute Gasteiger partial charge is 0.353 e. The minimum absolute atomic E-state index is 0.0363. The van der Waals surface area contributed by atoms with E-state index >= 15 is 0 Å². The van der Waals surface area contributed by atoms with Crippen LogP contribution in [0.1, 0.15) is 20.3 Å². The summed E-state index contributed by atoms with van der Waals surface area (Å²) < 4.78 is 0. The zero-order valence-corrected chi connectivity index (χ0v) is 13.1. The van der Waals surface area contributed by atoms with Gasteiger partial charge in [0.1, 0.15) is 11.4 Å². The van der Waals surface area contributed by atoms with Crippen molar-refractivity contribution in [2.24, 2.45) is 0 Å². The molecule has 0 spiro atoms. The third kappa shape index (κ3) is 4.86. The Morgan fingerprint density at radius 3 is 2.76 bits per heavy atom. The number of amides is 1. The number of hydrogen-bond donors (Lipinski definition) is 1. The first-order valence-corrected chi connectivity index (χ1v) is 7.97. The third-order valence-corrected chi connectivity index (χ3v) is 4.01. The Hall–Kier alpha value is -1.88. The summed E-state index contributed by atoms with van der Waals surface area (Å²) >= 11 is 1.43. The van der Waals surface area contributed by atoms with Crippen LogP contribution in [0.2, 0.25) is 0 Å². The zero-order chi connectivity index (χ0) is 15.1. The van der Waals surface area contributed by atoms with Crippen molar-refractivity contribution in [3.8, 4) is 11.3 Å². The fraction of sp³-hybridized carbons (Fsp3) is 0.312. The Balaban J connectivity index is 1.97. The minimum Gasteiger partial charge on any atom is -0.353 e. The van der Waals surface area contributed by atoms with Gasteiger partial charge in [0.15, 0.2) is 0 Å². The van der Waals surface area contributed by atoms with Gasteiger partial charge in [-0.2, -0.15) is 0 Å². The lowest BCUT2D eigenvalue weighted by Crippen LogP contribution is -2.33. The number of thioether (sulfide) groups is 1. The number of aromatic nitrogens is 2. The molecule has 5 heteroatoms. The molecule has 110 valence electrons. The van der Waals surface area contributed by atoms with Gasteiger partial charge >= 0.3 is 0 Å². The predicted molar refractivity (Wildman–Crippen MR) is 86.1 cm³/mol. The first kappa shape index (κ1) is 15.5. The number of hydrogen-bond acceptors (Lipinski definition) is 4. The van der Waals surface area contributed by atoms with E-state index in [4.69, 9.17) is 0 Å². The van der Waals surface area contributed by atoms with Crippen LogP contribution >= 0.6 is 11.8 Å². The highest BCUT2D eigenvalue weighted by atomic mass is 32.2. The van der Waals surface area contributed by atoms with Crippen LogP contribution in [0.5, 0.6) is 0 Å². The normalized spacial score (nSPS) is 11.9. The molecule has 0 saturated heterocycles. The predicted octanol–water partition coefficient (Wildman–Crippen LogP) is 3.15. The van der Waals surface area contributed by atoms with Gasteiger partial charge in [-0.1, -0.05) is 49.0 Å². The molecule has 1 heterocycles. The van der Waals surface area contributed by atoms with Gasteiger partial charge in [0, 0.05) is 11.6 Å². The van der Waals surface area contributed by atoms with Gasteiger partial charge < -0.3 is 5.32 Å². The summed E-state index contributed by atoms with van der Waals surface area (Å²) in [6.45, 7) is 4.05. The fourth-order valence-corrected chi connectivity index (χ4v) is 2.42. The van der Waals surface area contributed by atoms with Crippen LogP contribution in [-0.2, 0) is 4.79 Å². The number of benzene rings is 1. The van der Waals surface area contributed by atoms with Gasteiger partial charge in [-0.05, 0) is 19.4 Å². The number of carbonyl (C=O) groups excluding carboxylic acids is 1. The molecular formula is C16H19N3OS. The van der Waals surface area contributed by atoms with Crippen molar-refractivity contribution in [3.63, 3.8) is 0 Å².